The van der Waals surface area contributed by atoms with Gasteiger partial charge in [-0.15, -0.1) is 5.10 Å². The van der Waals surface area contributed by atoms with E-state index in [0.717, 1.165) is 6.20 Å². The molecule has 0 aliphatic carbocycles. The summed E-state index contributed by atoms with van der Waals surface area (Å²) in [4.78, 5) is 9.43. The molecule has 1 rings (SSSR count). The molecule has 0 spiro atoms. The molecule has 0 unspecified atom stereocenters. The number of nitrogens with zero attached hydrogens (tertiary/aromatic N) is 2. The van der Waals surface area contributed by atoms with Crippen LogP contribution in [0.25, 0.3) is 0 Å². The third kappa shape index (κ3) is 2.36. The second-order valence-corrected chi connectivity index (χ2v) is 2.03. The highest BCUT2D eigenvalue weighted by atomic mass is 19.3. The van der Waals surface area contributed by atoms with Crippen molar-refractivity contribution in [1.29, 1.82) is 0 Å². The number of hydrogen-bond acceptors (Lipinski definition) is 4. The van der Waals surface area contributed by atoms with Gasteiger partial charge in [0.2, 0.25) is 0 Å². The molecule has 0 bridgehead atoms. The zero-order valence-electron chi connectivity index (χ0n) is 6.24. The Labute approximate surface area is 70.7 Å². The van der Waals surface area contributed by atoms with Crippen LogP contribution in [0.2, 0.25) is 0 Å². The number of halogens is 2. The third-order valence-corrected chi connectivity index (χ3v) is 1.13. The number of H-pyrrole nitrogens is 1. The summed E-state index contributed by atoms with van der Waals surface area (Å²) in [5.41, 5.74) is -0.458. The van der Waals surface area contributed by atoms with E-state index in [2.05, 4.69) is 14.9 Å². The number of hydrogen-bond donors (Lipinski definition) is 1. The highest BCUT2D eigenvalue weighted by molar-refractivity contribution is 5.37. The van der Waals surface area contributed by atoms with Gasteiger partial charge in [-0.1, -0.05) is 0 Å². The molecule has 8 heteroatoms. The van der Waals surface area contributed by atoms with E-state index >= 15 is 0 Å². The van der Waals surface area contributed by atoms with Gasteiger partial charge in [0.15, 0.2) is 6.61 Å². The fraction of sp³-hybridized carbons (Fsp3) is 0.400. The van der Waals surface area contributed by atoms with Crippen molar-refractivity contribution in [2.24, 2.45) is 0 Å². The van der Waals surface area contributed by atoms with E-state index in [1.165, 1.54) is 0 Å². The molecule has 1 aromatic heterocycles. The summed E-state index contributed by atoms with van der Waals surface area (Å²) in [6.45, 7) is -0.911. The monoisotopic (exact) mass is 193 g/mol. The summed E-state index contributed by atoms with van der Waals surface area (Å²) in [6.07, 6.45) is -1.72. The van der Waals surface area contributed by atoms with Gasteiger partial charge in [0, 0.05) is 0 Å². The Bertz CT molecular complexity index is 301. The summed E-state index contributed by atoms with van der Waals surface area (Å²) in [7, 11) is 0. The quantitative estimate of drug-likeness (QED) is 0.570. The number of aromatic amines is 1. The number of rotatable bonds is 4. The van der Waals surface area contributed by atoms with Crippen LogP contribution in [-0.4, -0.2) is 28.2 Å². The molecule has 1 aromatic rings. The normalized spacial score (nSPS) is 10.4. The summed E-state index contributed by atoms with van der Waals surface area (Å²) in [5.74, 6) is -0.426. The van der Waals surface area contributed by atoms with Crippen molar-refractivity contribution >= 4 is 5.69 Å². The fourth-order valence-corrected chi connectivity index (χ4v) is 0.650. The van der Waals surface area contributed by atoms with E-state index in [9.17, 15) is 18.9 Å². The lowest BCUT2D eigenvalue weighted by Gasteiger charge is -1.99. The van der Waals surface area contributed by atoms with Crippen molar-refractivity contribution in [1.82, 2.24) is 10.2 Å². The molecule has 0 saturated heterocycles. The molecule has 13 heavy (non-hydrogen) atoms. The van der Waals surface area contributed by atoms with Crippen LogP contribution >= 0.6 is 0 Å². The lowest BCUT2D eigenvalue weighted by Crippen LogP contribution is -2.08. The molecule has 6 nitrogen and oxygen atoms in total. The first kappa shape index (κ1) is 9.36. The van der Waals surface area contributed by atoms with Gasteiger partial charge >= 0.3 is 11.6 Å². The Kier molecular flexibility index (Phi) is 2.72. The Balaban J connectivity index is 2.65. The van der Waals surface area contributed by atoms with Crippen LogP contribution in [0.4, 0.5) is 14.5 Å². The van der Waals surface area contributed by atoms with Crippen LogP contribution < -0.4 is 4.74 Å². The van der Waals surface area contributed by atoms with Crippen LogP contribution in [0.3, 0.4) is 0 Å². The van der Waals surface area contributed by atoms with Gasteiger partial charge in [-0.2, -0.15) is 0 Å². The topological polar surface area (TPSA) is 81.0 Å². The maximum Gasteiger partial charge on any atom is 0.349 e. The number of ether oxygens (including phenoxy) is 1. The van der Waals surface area contributed by atoms with E-state index < -0.39 is 29.5 Å². The van der Waals surface area contributed by atoms with Crippen molar-refractivity contribution in [3.8, 4) is 5.88 Å². The molecule has 0 fully saturated rings. The highest BCUT2D eigenvalue weighted by Crippen LogP contribution is 2.22. The molecule has 0 atom stereocenters. The molecule has 1 N–H and O–H groups in total. The van der Waals surface area contributed by atoms with E-state index in [4.69, 9.17) is 0 Å². The minimum atomic E-state index is -2.68. The molecule has 0 radical (unpaired) electrons. The van der Waals surface area contributed by atoms with Crippen LogP contribution in [0.1, 0.15) is 0 Å². The van der Waals surface area contributed by atoms with Crippen LogP contribution in [-0.2, 0) is 0 Å². The van der Waals surface area contributed by atoms with Gasteiger partial charge in [-0.3, -0.25) is 15.2 Å². The Morgan fingerprint density at radius 2 is 2.46 bits per heavy atom. The maximum atomic E-state index is 11.6. The largest absolute Gasteiger partial charge is 0.466 e. The van der Waals surface area contributed by atoms with Crippen molar-refractivity contribution < 1.29 is 18.4 Å². The number of alkyl halides is 2. The number of aromatic nitrogens is 2. The zero-order chi connectivity index (χ0) is 9.84. The summed E-state index contributed by atoms with van der Waals surface area (Å²) in [6, 6.07) is 0. The molecule has 1 heterocycles. The van der Waals surface area contributed by atoms with Crippen LogP contribution in [0.15, 0.2) is 6.20 Å². The predicted molar refractivity (Wildman–Crippen MR) is 36.7 cm³/mol. The molecule has 0 amide bonds. The van der Waals surface area contributed by atoms with Crippen molar-refractivity contribution in [2.45, 2.75) is 6.43 Å². The van der Waals surface area contributed by atoms with Gasteiger partial charge in [-0.05, 0) is 0 Å². The molecule has 72 valence electrons. The molecule has 0 aromatic carbocycles. The number of nitro groups is 1. The van der Waals surface area contributed by atoms with Crippen molar-refractivity contribution in [2.75, 3.05) is 6.61 Å². The van der Waals surface area contributed by atoms with Gasteiger partial charge < -0.3 is 4.74 Å². The predicted octanol–water partition coefficient (Wildman–Crippen LogP) is 0.962. The van der Waals surface area contributed by atoms with Crippen LogP contribution in [0, 0.1) is 10.1 Å². The molecule has 0 aliphatic rings. The first-order valence-corrected chi connectivity index (χ1v) is 3.20. The first-order chi connectivity index (χ1) is 6.11. The first-order valence-electron chi connectivity index (χ1n) is 3.20. The molecule has 0 aliphatic heterocycles. The SMILES string of the molecule is O=[N+]([O-])c1c[nH]nc1OCC(F)F. The van der Waals surface area contributed by atoms with Crippen molar-refractivity contribution in [3.63, 3.8) is 0 Å². The van der Waals surface area contributed by atoms with Gasteiger partial charge in [-0.25, -0.2) is 8.78 Å². The fourth-order valence-electron chi connectivity index (χ4n) is 0.650. The standard InChI is InChI=1S/C5H5F2N3O3/c6-4(7)2-13-5-3(10(11)12)1-8-9-5/h1,4H,2H2,(H,8,9). The second kappa shape index (κ2) is 3.78. The van der Waals surface area contributed by atoms with Crippen molar-refractivity contribution in [3.05, 3.63) is 16.3 Å². The summed E-state index contributed by atoms with van der Waals surface area (Å²) in [5, 5.41) is 15.6. The summed E-state index contributed by atoms with van der Waals surface area (Å²) < 4.78 is 27.6. The maximum absolute atomic E-state index is 11.6. The van der Waals surface area contributed by atoms with E-state index in [-0.39, 0.29) is 0 Å². The average molecular weight is 193 g/mol. The molecule has 0 saturated carbocycles. The van der Waals surface area contributed by atoms with Crippen LogP contribution in [0.5, 0.6) is 5.88 Å². The minimum absolute atomic E-state index is 0.426. The Hall–Kier alpha value is -1.73. The zero-order valence-corrected chi connectivity index (χ0v) is 6.24. The smallest absolute Gasteiger partial charge is 0.349 e. The highest BCUT2D eigenvalue weighted by Gasteiger charge is 2.19. The van der Waals surface area contributed by atoms with Gasteiger partial charge in [0.25, 0.3) is 6.43 Å². The van der Waals surface area contributed by atoms with Gasteiger partial charge in [0.05, 0.1) is 4.92 Å². The lowest BCUT2D eigenvalue weighted by atomic mass is 10.6. The summed E-state index contributed by atoms with van der Waals surface area (Å²) >= 11 is 0. The van der Waals surface area contributed by atoms with E-state index in [0.29, 0.717) is 0 Å². The minimum Gasteiger partial charge on any atom is -0.466 e. The number of nitrogens with one attached hydrogen (secondary N) is 1. The molecular weight excluding hydrogens is 188 g/mol. The van der Waals surface area contributed by atoms with Gasteiger partial charge in [0.1, 0.15) is 6.20 Å². The second-order valence-electron chi connectivity index (χ2n) is 2.03. The average Bonchev–Trinajstić information content (AvgIpc) is 2.47. The van der Waals surface area contributed by atoms with E-state index in [1.807, 2.05) is 0 Å². The van der Waals surface area contributed by atoms with E-state index in [1.54, 1.807) is 0 Å². The Morgan fingerprint density at radius 3 is 3.00 bits per heavy atom. The third-order valence-electron chi connectivity index (χ3n) is 1.13. The Morgan fingerprint density at radius 1 is 1.77 bits per heavy atom. The molecular formula is C5H5F2N3O3. The lowest BCUT2D eigenvalue weighted by molar-refractivity contribution is -0.385.